The van der Waals surface area contributed by atoms with Gasteiger partial charge in [-0.2, -0.15) is 0 Å². The number of rotatable bonds is 1. The molecule has 3 unspecified atom stereocenters. The molecule has 1 nitrogen and oxygen atoms in total. The van der Waals surface area contributed by atoms with Gasteiger partial charge in [0.25, 0.3) is 0 Å². The summed E-state index contributed by atoms with van der Waals surface area (Å²) in [5.41, 5.74) is 6.73. The molecule has 0 saturated heterocycles. The maximum absolute atomic E-state index is 6.23. The fraction of sp³-hybridized carbons (Fsp3) is 1.00. The van der Waals surface area contributed by atoms with Gasteiger partial charge >= 0.3 is 0 Å². The van der Waals surface area contributed by atoms with E-state index in [9.17, 15) is 0 Å². The van der Waals surface area contributed by atoms with Crippen molar-refractivity contribution in [3.05, 3.63) is 0 Å². The molecule has 0 aromatic heterocycles. The van der Waals surface area contributed by atoms with Gasteiger partial charge in [-0.3, -0.25) is 0 Å². The lowest BCUT2D eigenvalue weighted by Crippen LogP contribution is -2.49. The fourth-order valence-electron chi connectivity index (χ4n) is 4.34. The average molecular weight is 195 g/mol. The van der Waals surface area contributed by atoms with Gasteiger partial charge in [-0.25, -0.2) is 0 Å². The van der Waals surface area contributed by atoms with Gasteiger partial charge in [0.15, 0.2) is 0 Å². The number of fused-ring (bicyclic) bond motifs is 2. The highest BCUT2D eigenvalue weighted by Crippen LogP contribution is 2.53. The summed E-state index contributed by atoms with van der Waals surface area (Å²) in [6.45, 7) is 7.06. The normalized spacial score (nSPS) is 50.1. The van der Waals surface area contributed by atoms with E-state index in [0.717, 1.165) is 17.8 Å². The maximum Gasteiger partial charge on any atom is 0.00673 e. The van der Waals surface area contributed by atoms with Gasteiger partial charge < -0.3 is 5.73 Å². The molecule has 3 atom stereocenters. The lowest BCUT2D eigenvalue weighted by molar-refractivity contribution is 0.00222. The van der Waals surface area contributed by atoms with Crippen LogP contribution < -0.4 is 5.73 Å². The van der Waals surface area contributed by atoms with Gasteiger partial charge in [0.05, 0.1) is 0 Å². The van der Waals surface area contributed by atoms with Crippen molar-refractivity contribution >= 4 is 0 Å². The molecular formula is C13H25N. The van der Waals surface area contributed by atoms with Crippen molar-refractivity contribution in [3.63, 3.8) is 0 Å². The van der Waals surface area contributed by atoms with E-state index in [1.54, 1.807) is 0 Å². The van der Waals surface area contributed by atoms with Crippen LogP contribution in [0.5, 0.6) is 0 Å². The summed E-state index contributed by atoms with van der Waals surface area (Å²) in [6, 6.07) is 0.399. The molecule has 0 heterocycles. The van der Waals surface area contributed by atoms with Crippen LogP contribution in [0.1, 0.15) is 52.9 Å². The Labute approximate surface area is 88.4 Å². The molecule has 1 heteroatoms. The van der Waals surface area contributed by atoms with Gasteiger partial charge in [0, 0.05) is 6.04 Å². The quantitative estimate of drug-likeness (QED) is 0.683. The Balaban J connectivity index is 2.19. The molecule has 0 aromatic carbocycles. The SMILES string of the molecule is CC1CC2CC(C)CC(C(C)N)(C1)C2. The molecule has 2 bridgehead atoms. The first-order chi connectivity index (χ1) is 6.52. The van der Waals surface area contributed by atoms with E-state index in [4.69, 9.17) is 5.73 Å². The molecule has 2 aliphatic carbocycles. The Bertz CT molecular complexity index is 190. The maximum atomic E-state index is 6.23. The predicted octanol–water partition coefficient (Wildman–Crippen LogP) is 3.19. The molecule has 0 amide bonds. The first-order valence-corrected chi connectivity index (χ1v) is 6.27. The highest BCUT2D eigenvalue weighted by Gasteiger charge is 2.45. The third kappa shape index (κ3) is 1.71. The highest BCUT2D eigenvalue weighted by atomic mass is 14.7. The number of hydrogen-bond acceptors (Lipinski definition) is 1. The zero-order valence-electron chi connectivity index (χ0n) is 9.92. The summed E-state index contributed by atoms with van der Waals surface area (Å²) in [5, 5.41) is 0. The minimum atomic E-state index is 0.399. The van der Waals surface area contributed by atoms with Gasteiger partial charge in [0.2, 0.25) is 0 Å². The molecule has 2 rings (SSSR count). The molecule has 14 heavy (non-hydrogen) atoms. The molecule has 0 radical (unpaired) electrons. The van der Waals surface area contributed by atoms with Crippen molar-refractivity contribution in [2.45, 2.75) is 58.9 Å². The summed E-state index contributed by atoms with van der Waals surface area (Å²) in [7, 11) is 0. The lowest BCUT2D eigenvalue weighted by Gasteiger charge is -2.52. The van der Waals surface area contributed by atoms with Crippen LogP contribution in [-0.4, -0.2) is 6.04 Å². The second-order valence-electron chi connectivity index (χ2n) is 6.31. The molecule has 2 saturated carbocycles. The number of hydrogen-bond donors (Lipinski definition) is 1. The summed E-state index contributed by atoms with van der Waals surface area (Å²) < 4.78 is 0. The van der Waals surface area contributed by atoms with Crippen LogP contribution in [0.4, 0.5) is 0 Å². The topological polar surface area (TPSA) is 26.0 Å². The van der Waals surface area contributed by atoms with Crippen molar-refractivity contribution < 1.29 is 0 Å². The van der Waals surface area contributed by atoms with Crippen molar-refractivity contribution in [2.24, 2.45) is 28.9 Å². The Morgan fingerprint density at radius 1 is 1.07 bits per heavy atom. The van der Waals surface area contributed by atoms with Crippen molar-refractivity contribution in [1.82, 2.24) is 0 Å². The molecular weight excluding hydrogens is 170 g/mol. The van der Waals surface area contributed by atoms with Crippen LogP contribution in [0, 0.1) is 23.2 Å². The molecule has 2 N–H and O–H groups in total. The van der Waals surface area contributed by atoms with Crippen LogP contribution in [0.3, 0.4) is 0 Å². The first-order valence-electron chi connectivity index (χ1n) is 6.27. The second kappa shape index (κ2) is 3.52. The van der Waals surface area contributed by atoms with Crippen LogP contribution >= 0.6 is 0 Å². The molecule has 0 aliphatic heterocycles. The van der Waals surface area contributed by atoms with Gasteiger partial charge in [-0.05, 0) is 62.2 Å². The van der Waals surface area contributed by atoms with Gasteiger partial charge in [0.1, 0.15) is 0 Å². The predicted molar refractivity (Wildman–Crippen MR) is 61.0 cm³/mol. The summed E-state index contributed by atoms with van der Waals surface area (Å²) in [6.07, 6.45) is 7.09. The van der Waals surface area contributed by atoms with E-state index in [0.29, 0.717) is 11.5 Å². The van der Waals surface area contributed by atoms with Crippen LogP contribution in [0.15, 0.2) is 0 Å². The smallest absolute Gasteiger partial charge is 0.00673 e. The molecule has 0 spiro atoms. The standard InChI is InChI=1S/C13H25N/c1-9-4-12-5-10(2)7-13(6-9,8-12)11(3)14/h9-12H,4-8,14H2,1-3H3. The lowest BCUT2D eigenvalue weighted by atomic mass is 9.54. The van der Waals surface area contributed by atoms with E-state index in [1.165, 1.54) is 32.1 Å². The molecule has 2 aliphatic rings. The summed E-state index contributed by atoms with van der Waals surface area (Å²) >= 11 is 0. The van der Waals surface area contributed by atoms with Gasteiger partial charge in [-0.15, -0.1) is 0 Å². The van der Waals surface area contributed by atoms with E-state index in [-0.39, 0.29) is 0 Å². The average Bonchev–Trinajstić information content (AvgIpc) is 2.00. The zero-order valence-corrected chi connectivity index (χ0v) is 9.92. The molecule has 0 aromatic rings. The van der Waals surface area contributed by atoms with Crippen LogP contribution in [0.2, 0.25) is 0 Å². The second-order valence-corrected chi connectivity index (χ2v) is 6.31. The third-order valence-corrected chi connectivity index (χ3v) is 4.64. The largest absolute Gasteiger partial charge is 0.327 e. The van der Waals surface area contributed by atoms with Crippen LogP contribution in [-0.2, 0) is 0 Å². The van der Waals surface area contributed by atoms with E-state index in [2.05, 4.69) is 20.8 Å². The Hall–Kier alpha value is -0.0400. The number of nitrogens with two attached hydrogens (primary N) is 1. The van der Waals surface area contributed by atoms with E-state index >= 15 is 0 Å². The monoisotopic (exact) mass is 195 g/mol. The minimum absolute atomic E-state index is 0.399. The molecule has 2 fully saturated rings. The summed E-state index contributed by atoms with van der Waals surface area (Å²) in [4.78, 5) is 0. The fourth-order valence-corrected chi connectivity index (χ4v) is 4.34. The molecule has 82 valence electrons. The first kappa shape index (κ1) is 10.5. The van der Waals surface area contributed by atoms with E-state index < -0.39 is 0 Å². The van der Waals surface area contributed by atoms with Gasteiger partial charge in [-0.1, -0.05) is 13.8 Å². The Morgan fingerprint density at radius 3 is 2.00 bits per heavy atom. The minimum Gasteiger partial charge on any atom is -0.327 e. The zero-order chi connectivity index (χ0) is 10.3. The third-order valence-electron chi connectivity index (χ3n) is 4.64. The van der Waals surface area contributed by atoms with Crippen molar-refractivity contribution in [1.29, 1.82) is 0 Å². The van der Waals surface area contributed by atoms with E-state index in [1.807, 2.05) is 0 Å². The van der Waals surface area contributed by atoms with Crippen LogP contribution in [0.25, 0.3) is 0 Å². The summed E-state index contributed by atoms with van der Waals surface area (Å²) in [5.74, 6) is 2.80. The Kier molecular flexibility index (Phi) is 2.63. The van der Waals surface area contributed by atoms with Crippen molar-refractivity contribution in [3.8, 4) is 0 Å². The van der Waals surface area contributed by atoms with Crippen molar-refractivity contribution in [2.75, 3.05) is 0 Å². The Morgan fingerprint density at radius 2 is 1.57 bits per heavy atom. The highest BCUT2D eigenvalue weighted by molar-refractivity contribution is 4.98.